The average Bonchev–Trinajstić information content (AvgIpc) is 2.94. The minimum atomic E-state index is -1.68. The molecular weight excluding hydrogens is 384 g/mol. The van der Waals surface area contributed by atoms with E-state index in [1.807, 2.05) is 26.8 Å². The first kappa shape index (κ1) is 21.2. The molecule has 0 aromatic rings. The van der Waals surface area contributed by atoms with Crippen molar-refractivity contribution in [2.24, 2.45) is 28.1 Å². The van der Waals surface area contributed by atoms with Crippen LogP contribution in [0.4, 0.5) is 0 Å². The number of fused-ring (bicyclic) bond motifs is 5. The molecule has 3 fully saturated rings. The lowest BCUT2D eigenvalue weighted by Gasteiger charge is -2.62. The Bertz CT molecular complexity index is 915. The molecule has 3 saturated carbocycles. The topological polar surface area (TPSA) is 97.7 Å². The fourth-order valence-corrected chi connectivity index (χ4v) is 7.11. The van der Waals surface area contributed by atoms with Gasteiger partial charge in [-0.15, -0.1) is 0 Å². The summed E-state index contributed by atoms with van der Waals surface area (Å²) >= 11 is 0. The summed E-state index contributed by atoms with van der Waals surface area (Å²) in [5, 5.41) is 11.5. The zero-order valence-electron chi connectivity index (χ0n) is 18.1. The molecule has 0 radical (unpaired) electrons. The van der Waals surface area contributed by atoms with Crippen molar-refractivity contribution >= 4 is 23.3 Å². The first-order valence-corrected chi connectivity index (χ1v) is 10.8. The summed E-state index contributed by atoms with van der Waals surface area (Å²) < 4.78 is 4.87. The van der Waals surface area contributed by atoms with Crippen molar-refractivity contribution < 1.29 is 29.0 Å². The summed E-state index contributed by atoms with van der Waals surface area (Å²) in [6, 6.07) is 0. The predicted molar refractivity (Wildman–Crippen MR) is 108 cm³/mol. The Balaban J connectivity index is 1.73. The molecule has 162 valence electrons. The van der Waals surface area contributed by atoms with Crippen LogP contribution in [0.5, 0.6) is 0 Å². The lowest BCUT2D eigenvalue weighted by atomic mass is 9.40. The summed E-state index contributed by atoms with van der Waals surface area (Å²) in [7, 11) is 0. The summed E-state index contributed by atoms with van der Waals surface area (Å²) in [5.41, 5.74) is -2.80. The van der Waals surface area contributed by atoms with E-state index >= 15 is 0 Å². The molecule has 6 nitrogen and oxygen atoms in total. The van der Waals surface area contributed by atoms with Gasteiger partial charge in [0.1, 0.15) is 11.4 Å². The number of carbonyl (C=O) groups excluding carboxylic acids is 4. The Morgan fingerprint density at radius 1 is 1.17 bits per heavy atom. The smallest absolute Gasteiger partial charge is 0.303 e. The van der Waals surface area contributed by atoms with Crippen LogP contribution in [0, 0.1) is 28.1 Å². The Hall–Kier alpha value is -2.08. The van der Waals surface area contributed by atoms with Crippen molar-refractivity contribution in [2.45, 2.75) is 65.4 Å². The third-order valence-electron chi connectivity index (χ3n) is 9.15. The number of hydrogen-bond donors (Lipinski definition) is 1. The number of carbonyl (C=O) groups is 4. The SMILES string of the molecule is CC(=O)OCC(=O)C1(O)CCC2C3CCC4=CC(=O)C=CC4(C)C3(C)C(=O)CC21C. The highest BCUT2D eigenvalue weighted by Gasteiger charge is 2.72. The highest BCUT2D eigenvalue weighted by molar-refractivity contribution is 6.02. The molecule has 0 saturated heterocycles. The first-order valence-electron chi connectivity index (χ1n) is 10.8. The van der Waals surface area contributed by atoms with Gasteiger partial charge in [0, 0.05) is 29.6 Å². The number of rotatable bonds is 3. The van der Waals surface area contributed by atoms with Gasteiger partial charge < -0.3 is 9.84 Å². The van der Waals surface area contributed by atoms with Crippen molar-refractivity contribution in [3.63, 3.8) is 0 Å². The van der Waals surface area contributed by atoms with Crippen molar-refractivity contribution in [1.82, 2.24) is 0 Å². The van der Waals surface area contributed by atoms with E-state index in [0.29, 0.717) is 6.42 Å². The molecule has 6 unspecified atom stereocenters. The second-order valence-corrected chi connectivity index (χ2v) is 10.2. The molecule has 1 N–H and O–H groups in total. The molecule has 0 bridgehead atoms. The van der Waals surface area contributed by atoms with E-state index < -0.39 is 40.2 Å². The van der Waals surface area contributed by atoms with Crippen LogP contribution in [0.1, 0.15) is 59.8 Å². The van der Waals surface area contributed by atoms with Crippen LogP contribution in [-0.2, 0) is 23.9 Å². The van der Waals surface area contributed by atoms with Crippen molar-refractivity contribution in [2.75, 3.05) is 6.61 Å². The van der Waals surface area contributed by atoms with Gasteiger partial charge in [0.25, 0.3) is 0 Å². The van der Waals surface area contributed by atoms with Gasteiger partial charge in [-0.05, 0) is 49.7 Å². The largest absolute Gasteiger partial charge is 0.458 e. The van der Waals surface area contributed by atoms with Crippen LogP contribution in [0.2, 0.25) is 0 Å². The number of hydrogen-bond acceptors (Lipinski definition) is 6. The highest BCUT2D eigenvalue weighted by atomic mass is 16.5. The van der Waals surface area contributed by atoms with E-state index in [1.54, 1.807) is 12.2 Å². The minimum absolute atomic E-state index is 0.000646. The van der Waals surface area contributed by atoms with E-state index in [9.17, 15) is 24.3 Å². The maximum Gasteiger partial charge on any atom is 0.303 e. The molecule has 0 amide bonds. The summed E-state index contributed by atoms with van der Waals surface area (Å²) in [5.74, 6) is -1.11. The fraction of sp³-hybridized carbons (Fsp3) is 0.667. The zero-order chi connectivity index (χ0) is 22.1. The van der Waals surface area contributed by atoms with Crippen LogP contribution >= 0.6 is 0 Å². The molecule has 0 aromatic carbocycles. The van der Waals surface area contributed by atoms with E-state index in [4.69, 9.17) is 4.74 Å². The van der Waals surface area contributed by atoms with Crippen molar-refractivity contribution in [3.8, 4) is 0 Å². The normalized spacial score (nSPS) is 44.6. The molecule has 4 aliphatic carbocycles. The maximum absolute atomic E-state index is 13.8. The summed E-state index contributed by atoms with van der Waals surface area (Å²) in [6.07, 6.45) is 7.61. The fourth-order valence-electron chi connectivity index (χ4n) is 7.11. The summed E-state index contributed by atoms with van der Waals surface area (Å²) in [6.45, 7) is 6.65. The quantitative estimate of drug-likeness (QED) is 0.713. The average molecular weight is 414 g/mol. The highest BCUT2D eigenvalue weighted by Crippen LogP contribution is 2.70. The van der Waals surface area contributed by atoms with Crippen LogP contribution in [0.3, 0.4) is 0 Å². The molecule has 6 atom stereocenters. The maximum atomic E-state index is 13.8. The monoisotopic (exact) mass is 414 g/mol. The predicted octanol–water partition coefficient (Wildman–Crippen LogP) is 2.73. The molecular formula is C24H30O6. The number of Topliss-reactive ketones (excluding diaryl/α,β-unsaturated/α-hetero) is 2. The third kappa shape index (κ3) is 2.46. The van der Waals surface area contributed by atoms with Gasteiger partial charge in [0.2, 0.25) is 5.78 Å². The van der Waals surface area contributed by atoms with Crippen molar-refractivity contribution in [3.05, 3.63) is 23.8 Å². The van der Waals surface area contributed by atoms with Gasteiger partial charge >= 0.3 is 5.97 Å². The minimum Gasteiger partial charge on any atom is -0.458 e. The summed E-state index contributed by atoms with van der Waals surface area (Å²) in [4.78, 5) is 49.8. The second-order valence-electron chi connectivity index (χ2n) is 10.2. The van der Waals surface area contributed by atoms with Gasteiger partial charge in [0.15, 0.2) is 12.4 Å². The van der Waals surface area contributed by atoms with Crippen LogP contribution < -0.4 is 0 Å². The molecule has 30 heavy (non-hydrogen) atoms. The first-order chi connectivity index (χ1) is 13.9. The molecule has 4 aliphatic rings. The van der Waals surface area contributed by atoms with Gasteiger partial charge in [-0.3, -0.25) is 19.2 Å². The number of ether oxygens (including phenoxy) is 1. The Kier molecular flexibility index (Phi) is 4.56. The lowest BCUT2D eigenvalue weighted by Crippen LogP contribution is -2.64. The number of allylic oxidation sites excluding steroid dienone is 4. The third-order valence-corrected chi connectivity index (χ3v) is 9.15. The Morgan fingerprint density at radius 3 is 2.53 bits per heavy atom. The van der Waals surface area contributed by atoms with E-state index in [0.717, 1.165) is 18.4 Å². The molecule has 0 aliphatic heterocycles. The van der Waals surface area contributed by atoms with Crippen LogP contribution in [0.15, 0.2) is 23.8 Å². The zero-order valence-corrected chi connectivity index (χ0v) is 18.1. The molecule has 0 spiro atoms. The van der Waals surface area contributed by atoms with Gasteiger partial charge in [0.05, 0.1) is 0 Å². The van der Waals surface area contributed by atoms with Crippen molar-refractivity contribution in [1.29, 1.82) is 0 Å². The Morgan fingerprint density at radius 2 is 1.87 bits per heavy atom. The molecule has 6 heteroatoms. The van der Waals surface area contributed by atoms with E-state index in [-0.39, 0.29) is 36.2 Å². The van der Waals surface area contributed by atoms with E-state index in [1.165, 1.54) is 6.92 Å². The number of esters is 1. The Labute approximate surface area is 176 Å². The van der Waals surface area contributed by atoms with Gasteiger partial charge in [-0.1, -0.05) is 32.4 Å². The molecule has 4 rings (SSSR count). The molecule has 0 aromatic heterocycles. The van der Waals surface area contributed by atoms with Crippen LogP contribution in [0.25, 0.3) is 0 Å². The second kappa shape index (κ2) is 6.46. The number of aliphatic hydroxyl groups is 1. The van der Waals surface area contributed by atoms with E-state index in [2.05, 4.69) is 0 Å². The number of ketones is 3. The van der Waals surface area contributed by atoms with Gasteiger partial charge in [-0.2, -0.15) is 0 Å². The molecule has 0 heterocycles. The lowest BCUT2D eigenvalue weighted by molar-refractivity contribution is -0.181. The van der Waals surface area contributed by atoms with Crippen LogP contribution in [-0.4, -0.2) is 40.6 Å². The van der Waals surface area contributed by atoms with Gasteiger partial charge in [-0.25, -0.2) is 0 Å². The standard InChI is InChI=1S/C24H30O6/c1-14(25)30-13-20(28)24(29)10-8-17-18-6-5-15-11-16(26)7-9-21(15,2)23(18,4)19(27)12-22(17,24)3/h7,9,11,17-18,29H,5-6,8,10,12-13H2,1-4H3.